The minimum atomic E-state index is -3.39. The van der Waals surface area contributed by atoms with E-state index in [1.807, 2.05) is 0 Å². The van der Waals surface area contributed by atoms with Gasteiger partial charge in [0.15, 0.2) is 9.84 Å². The molecule has 4 N–H and O–H groups in total. The number of nitrogens with two attached hydrogens (primary N) is 1. The van der Waals surface area contributed by atoms with Crippen molar-refractivity contribution in [1.82, 2.24) is 5.32 Å². The number of carbonyl (C=O) groups is 1. The van der Waals surface area contributed by atoms with Gasteiger partial charge in [-0.15, -0.1) is 0 Å². The molecule has 1 amide bonds. The molecule has 0 aliphatic rings. The Morgan fingerprint density at radius 1 is 1.40 bits per heavy atom. The van der Waals surface area contributed by atoms with Crippen LogP contribution in [0.15, 0.2) is 23.1 Å². The van der Waals surface area contributed by atoms with Crippen LogP contribution in [-0.4, -0.2) is 47.4 Å². The smallest absolute Gasteiger partial charge is 0.239 e. The third-order valence-electron chi connectivity index (χ3n) is 2.53. The van der Waals surface area contributed by atoms with Crippen LogP contribution in [0.1, 0.15) is 0 Å². The molecule has 1 rings (SSSR count). The highest BCUT2D eigenvalue weighted by Crippen LogP contribution is 2.26. The lowest BCUT2D eigenvalue weighted by Crippen LogP contribution is -2.32. The van der Waals surface area contributed by atoms with Crippen molar-refractivity contribution >= 4 is 27.1 Å². The molecular formula is C12H19N3O4S. The molecule has 112 valence electrons. The molecule has 8 heteroatoms. The monoisotopic (exact) mass is 301 g/mol. The van der Waals surface area contributed by atoms with E-state index in [0.29, 0.717) is 18.8 Å². The molecule has 0 aliphatic heterocycles. The van der Waals surface area contributed by atoms with Crippen LogP contribution in [0.2, 0.25) is 0 Å². The summed E-state index contributed by atoms with van der Waals surface area (Å²) in [6.45, 7) is 0.842. The molecule has 0 bridgehead atoms. The van der Waals surface area contributed by atoms with Crippen LogP contribution < -0.4 is 16.4 Å². The fourth-order valence-electron chi connectivity index (χ4n) is 1.55. The number of nitrogen functional groups attached to an aromatic ring is 1. The maximum absolute atomic E-state index is 11.5. The fourth-order valence-corrected chi connectivity index (χ4v) is 2.39. The van der Waals surface area contributed by atoms with Crippen LogP contribution in [0.25, 0.3) is 0 Å². The van der Waals surface area contributed by atoms with E-state index in [0.717, 1.165) is 6.26 Å². The lowest BCUT2D eigenvalue weighted by Gasteiger charge is -2.12. The lowest BCUT2D eigenvalue weighted by molar-refractivity contribution is -0.119. The number of nitrogens with one attached hydrogen (secondary N) is 2. The van der Waals surface area contributed by atoms with E-state index < -0.39 is 9.84 Å². The summed E-state index contributed by atoms with van der Waals surface area (Å²) in [5.74, 6) is -0.230. The fraction of sp³-hybridized carbons (Fsp3) is 0.417. The van der Waals surface area contributed by atoms with Crippen molar-refractivity contribution in [2.75, 3.05) is 44.1 Å². The van der Waals surface area contributed by atoms with Crippen molar-refractivity contribution in [1.29, 1.82) is 0 Å². The Kier molecular flexibility index (Phi) is 5.78. The average molecular weight is 301 g/mol. The largest absolute Gasteiger partial charge is 0.396 e. The van der Waals surface area contributed by atoms with Gasteiger partial charge in [0.2, 0.25) is 5.91 Å². The number of rotatable bonds is 7. The number of hydrogen-bond donors (Lipinski definition) is 3. The highest BCUT2D eigenvalue weighted by molar-refractivity contribution is 7.90. The van der Waals surface area contributed by atoms with Gasteiger partial charge in [-0.3, -0.25) is 4.79 Å². The molecule has 0 radical (unpaired) electrons. The molecule has 7 nitrogen and oxygen atoms in total. The van der Waals surface area contributed by atoms with Crippen molar-refractivity contribution < 1.29 is 17.9 Å². The Morgan fingerprint density at radius 3 is 2.70 bits per heavy atom. The normalized spacial score (nSPS) is 11.1. The Labute approximate surface area is 118 Å². The minimum Gasteiger partial charge on any atom is -0.396 e. The number of benzene rings is 1. The van der Waals surface area contributed by atoms with Crippen LogP contribution >= 0.6 is 0 Å². The summed E-state index contributed by atoms with van der Waals surface area (Å²) in [7, 11) is -1.85. The van der Waals surface area contributed by atoms with E-state index in [-0.39, 0.29) is 23.0 Å². The van der Waals surface area contributed by atoms with Gasteiger partial charge in [0.1, 0.15) is 0 Å². The van der Waals surface area contributed by atoms with E-state index in [1.54, 1.807) is 19.2 Å². The maximum Gasteiger partial charge on any atom is 0.239 e. The van der Waals surface area contributed by atoms with E-state index in [1.165, 1.54) is 6.07 Å². The van der Waals surface area contributed by atoms with Gasteiger partial charge in [-0.2, -0.15) is 0 Å². The van der Waals surface area contributed by atoms with Crippen molar-refractivity contribution in [3.8, 4) is 0 Å². The van der Waals surface area contributed by atoms with Crippen molar-refractivity contribution in [2.24, 2.45) is 0 Å². The number of hydrogen-bond acceptors (Lipinski definition) is 6. The average Bonchev–Trinajstić information content (AvgIpc) is 2.36. The van der Waals surface area contributed by atoms with Crippen molar-refractivity contribution in [2.45, 2.75) is 4.90 Å². The predicted molar refractivity (Wildman–Crippen MR) is 77.3 cm³/mol. The van der Waals surface area contributed by atoms with Gasteiger partial charge in [0, 0.05) is 19.9 Å². The third-order valence-corrected chi connectivity index (χ3v) is 3.69. The summed E-state index contributed by atoms with van der Waals surface area (Å²) >= 11 is 0. The SMILES string of the molecule is COCCNC(=O)CNc1cccc(S(C)(=O)=O)c1N. The summed E-state index contributed by atoms with van der Waals surface area (Å²) in [6.07, 6.45) is 1.08. The number of carbonyl (C=O) groups excluding carboxylic acids is 1. The highest BCUT2D eigenvalue weighted by Gasteiger charge is 2.14. The molecular weight excluding hydrogens is 282 g/mol. The summed E-state index contributed by atoms with van der Waals surface area (Å²) in [5.41, 5.74) is 6.31. The van der Waals surface area contributed by atoms with Gasteiger partial charge < -0.3 is 21.1 Å². The number of para-hydroxylation sites is 1. The van der Waals surface area contributed by atoms with Gasteiger partial charge in [0.05, 0.1) is 29.4 Å². The Bertz CT molecular complexity index is 572. The molecule has 0 fully saturated rings. The zero-order valence-electron chi connectivity index (χ0n) is 11.5. The standard InChI is InChI=1S/C12H19N3O4S/c1-19-7-6-14-11(16)8-15-9-4-3-5-10(12(9)13)20(2,17)18/h3-5,15H,6-8,13H2,1-2H3,(H,14,16). The summed E-state index contributed by atoms with van der Waals surface area (Å²) in [6, 6.07) is 4.61. The summed E-state index contributed by atoms with van der Waals surface area (Å²) in [5, 5.41) is 5.44. The molecule has 20 heavy (non-hydrogen) atoms. The second kappa shape index (κ2) is 7.11. The zero-order chi connectivity index (χ0) is 15.2. The molecule has 1 aromatic rings. The second-order valence-corrected chi connectivity index (χ2v) is 6.17. The Balaban J connectivity index is 2.68. The predicted octanol–water partition coefficient (Wildman–Crippen LogP) is -0.153. The Morgan fingerprint density at radius 2 is 2.10 bits per heavy atom. The van der Waals surface area contributed by atoms with Gasteiger partial charge in [0.25, 0.3) is 0 Å². The first kappa shape index (κ1) is 16.3. The van der Waals surface area contributed by atoms with Gasteiger partial charge in [-0.25, -0.2) is 8.42 Å². The van der Waals surface area contributed by atoms with Crippen LogP contribution in [0.4, 0.5) is 11.4 Å². The number of sulfone groups is 1. The first-order valence-electron chi connectivity index (χ1n) is 5.94. The molecule has 0 aromatic heterocycles. The first-order chi connectivity index (χ1) is 9.36. The van der Waals surface area contributed by atoms with Crippen LogP contribution in [0.3, 0.4) is 0 Å². The van der Waals surface area contributed by atoms with Crippen LogP contribution in [-0.2, 0) is 19.4 Å². The van der Waals surface area contributed by atoms with Crippen molar-refractivity contribution in [3.63, 3.8) is 0 Å². The summed E-state index contributed by atoms with van der Waals surface area (Å²) in [4.78, 5) is 11.5. The number of ether oxygens (including phenoxy) is 1. The van der Waals surface area contributed by atoms with Crippen LogP contribution in [0.5, 0.6) is 0 Å². The Hall–Kier alpha value is -1.80. The molecule has 1 aromatic carbocycles. The molecule has 0 saturated carbocycles. The molecule has 0 unspecified atom stereocenters. The number of anilines is 2. The van der Waals surface area contributed by atoms with Crippen molar-refractivity contribution in [3.05, 3.63) is 18.2 Å². The third kappa shape index (κ3) is 4.71. The quantitative estimate of drug-likeness (QED) is 0.477. The van der Waals surface area contributed by atoms with E-state index in [2.05, 4.69) is 10.6 Å². The van der Waals surface area contributed by atoms with E-state index in [9.17, 15) is 13.2 Å². The van der Waals surface area contributed by atoms with Crippen LogP contribution in [0, 0.1) is 0 Å². The minimum absolute atomic E-state index is 0.00112. The lowest BCUT2D eigenvalue weighted by atomic mass is 10.2. The van der Waals surface area contributed by atoms with Gasteiger partial charge in [-0.1, -0.05) is 6.07 Å². The van der Waals surface area contributed by atoms with Gasteiger partial charge >= 0.3 is 0 Å². The molecule has 0 atom stereocenters. The zero-order valence-corrected chi connectivity index (χ0v) is 12.3. The molecule has 0 heterocycles. The summed E-state index contributed by atoms with van der Waals surface area (Å²) < 4.78 is 27.8. The highest BCUT2D eigenvalue weighted by atomic mass is 32.2. The molecule has 0 aliphatic carbocycles. The molecule has 0 spiro atoms. The number of amides is 1. The van der Waals surface area contributed by atoms with E-state index in [4.69, 9.17) is 10.5 Å². The second-order valence-electron chi connectivity index (χ2n) is 4.19. The number of methoxy groups -OCH3 is 1. The molecule has 0 saturated heterocycles. The van der Waals surface area contributed by atoms with E-state index >= 15 is 0 Å². The first-order valence-corrected chi connectivity index (χ1v) is 7.83. The topological polar surface area (TPSA) is 111 Å². The van der Waals surface area contributed by atoms with Gasteiger partial charge in [-0.05, 0) is 12.1 Å². The maximum atomic E-state index is 11.5.